The number of anilines is 2. The fourth-order valence-electron chi connectivity index (χ4n) is 2.90. The summed E-state index contributed by atoms with van der Waals surface area (Å²) in [4.78, 5) is 32.2. The molecular weight excluding hydrogens is 349 g/mol. The van der Waals surface area contributed by atoms with E-state index in [1.807, 2.05) is 13.0 Å². The highest BCUT2D eigenvalue weighted by atomic mass is 19.1. The summed E-state index contributed by atoms with van der Waals surface area (Å²) >= 11 is 0. The van der Waals surface area contributed by atoms with Crippen LogP contribution in [0.25, 0.3) is 0 Å². The van der Waals surface area contributed by atoms with Gasteiger partial charge in [0.1, 0.15) is 11.6 Å². The molecule has 0 saturated carbocycles. The molecule has 0 spiro atoms. The largest absolute Gasteiger partial charge is 0.353 e. The second-order valence-electron chi connectivity index (χ2n) is 6.18. The molecule has 2 aromatic rings. The molecule has 0 aliphatic carbocycles. The highest BCUT2D eigenvalue weighted by molar-refractivity contribution is 5.94. The number of hydrogen-bond acceptors (Lipinski definition) is 4. The van der Waals surface area contributed by atoms with Crippen LogP contribution in [0.2, 0.25) is 0 Å². The molecule has 1 saturated heterocycles. The van der Waals surface area contributed by atoms with Crippen LogP contribution in [0.3, 0.4) is 0 Å². The number of halogens is 1. The molecule has 3 amide bonds. The number of urea groups is 1. The van der Waals surface area contributed by atoms with Crippen LogP contribution in [0.1, 0.15) is 17.3 Å². The van der Waals surface area contributed by atoms with Gasteiger partial charge in [-0.3, -0.25) is 4.79 Å². The zero-order valence-corrected chi connectivity index (χ0v) is 15.1. The summed E-state index contributed by atoms with van der Waals surface area (Å²) in [6, 6.07) is 8.98. The zero-order chi connectivity index (χ0) is 19.2. The van der Waals surface area contributed by atoms with Crippen LogP contribution in [-0.4, -0.2) is 54.5 Å². The Bertz CT molecular complexity index is 787. The monoisotopic (exact) mass is 371 g/mol. The van der Waals surface area contributed by atoms with Gasteiger partial charge in [0.25, 0.3) is 5.91 Å². The first-order valence-electron chi connectivity index (χ1n) is 8.87. The standard InChI is InChI=1S/C19H22FN5O2/c1-2-21-19(27)23-16-7-8-17(22-13-16)24-9-11-25(12-10-24)18(26)14-3-5-15(20)6-4-14/h3-8,13H,2,9-12H2,1H3,(H2,21,23,27). The van der Waals surface area contributed by atoms with Crippen molar-refractivity contribution in [1.82, 2.24) is 15.2 Å². The smallest absolute Gasteiger partial charge is 0.319 e. The first-order chi connectivity index (χ1) is 13.1. The van der Waals surface area contributed by atoms with Gasteiger partial charge in [0, 0.05) is 38.3 Å². The molecular formula is C19H22FN5O2. The summed E-state index contributed by atoms with van der Waals surface area (Å²) in [7, 11) is 0. The lowest BCUT2D eigenvalue weighted by atomic mass is 10.2. The van der Waals surface area contributed by atoms with Crippen molar-refractivity contribution in [1.29, 1.82) is 0 Å². The van der Waals surface area contributed by atoms with E-state index >= 15 is 0 Å². The maximum Gasteiger partial charge on any atom is 0.319 e. The predicted molar refractivity (Wildman–Crippen MR) is 101 cm³/mol. The van der Waals surface area contributed by atoms with E-state index in [4.69, 9.17) is 0 Å². The molecule has 0 atom stereocenters. The van der Waals surface area contributed by atoms with Crippen molar-refractivity contribution in [3.05, 3.63) is 54.0 Å². The molecule has 1 aromatic carbocycles. The number of nitrogens with one attached hydrogen (secondary N) is 2. The molecule has 7 nitrogen and oxygen atoms in total. The molecule has 1 fully saturated rings. The first-order valence-corrected chi connectivity index (χ1v) is 8.87. The number of amides is 3. The van der Waals surface area contributed by atoms with Crippen LogP contribution in [-0.2, 0) is 0 Å². The van der Waals surface area contributed by atoms with Crippen LogP contribution in [0.4, 0.5) is 20.7 Å². The van der Waals surface area contributed by atoms with Gasteiger partial charge < -0.3 is 20.4 Å². The molecule has 1 aliphatic rings. The Morgan fingerprint density at radius 1 is 1.07 bits per heavy atom. The van der Waals surface area contributed by atoms with Gasteiger partial charge in [-0.1, -0.05) is 0 Å². The summed E-state index contributed by atoms with van der Waals surface area (Å²) in [5.41, 5.74) is 1.11. The normalized spacial score (nSPS) is 14.0. The number of piperazine rings is 1. The van der Waals surface area contributed by atoms with Crippen molar-refractivity contribution in [2.75, 3.05) is 42.9 Å². The number of rotatable bonds is 4. The third-order valence-electron chi connectivity index (χ3n) is 4.33. The second kappa shape index (κ2) is 8.48. The van der Waals surface area contributed by atoms with Gasteiger partial charge in [-0.15, -0.1) is 0 Å². The quantitative estimate of drug-likeness (QED) is 0.865. The van der Waals surface area contributed by atoms with Crippen LogP contribution in [0, 0.1) is 5.82 Å². The Labute approximate surface area is 157 Å². The van der Waals surface area contributed by atoms with Crippen molar-refractivity contribution in [3.63, 3.8) is 0 Å². The maximum atomic E-state index is 13.0. The molecule has 142 valence electrons. The molecule has 1 aliphatic heterocycles. The lowest BCUT2D eigenvalue weighted by molar-refractivity contribution is 0.0746. The predicted octanol–water partition coefficient (Wildman–Crippen LogP) is 2.32. The van der Waals surface area contributed by atoms with Gasteiger partial charge in [-0.05, 0) is 43.3 Å². The van der Waals surface area contributed by atoms with Crippen molar-refractivity contribution in [2.24, 2.45) is 0 Å². The number of carbonyl (C=O) groups excluding carboxylic acids is 2. The molecule has 1 aromatic heterocycles. The first kappa shape index (κ1) is 18.6. The lowest BCUT2D eigenvalue weighted by Gasteiger charge is -2.35. The van der Waals surface area contributed by atoms with E-state index in [1.54, 1.807) is 17.2 Å². The van der Waals surface area contributed by atoms with E-state index in [9.17, 15) is 14.0 Å². The number of aromatic nitrogens is 1. The Balaban J connectivity index is 1.55. The van der Waals surface area contributed by atoms with Crippen LogP contribution in [0.15, 0.2) is 42.6 Å². The van der Waals surface area contributed by atoms with Crippen molar-refractivity contribution in [2.45, 2.75) is 6.92 Å². The Kier molecular flexibility index (Phi) is 5.85. The van der Waals surface area contributed by atoms with Gasteiger partial charge in [-0.2, -0.15) is 0 Å². The Morgan fingerprint density at radius 2 is 1.78 bits per heavy atom. The molecule has 8 heteroatoms. The van der Waals surface area contributed by atoms with Gasteiger partial charge in [0.15, 0.2) is 0 Å². The van der Waals surface area contributed by atoms with E-state index < -0.39 is 0 Å². The summed E-state index contributed by atoms with van der Waals surface area (Å²) in [6.07, 6.45) is 1.61. The van der Waals surface area contributed by atoms with Gasteiger partial charge >= 0.3 is 6.03 Å². The van der Waals surface area contributed by atoms with Crippen molar-refractivity contribution in [3.8, 4) is 0 Å². The van der Waals surface area contributed by atoms with Crippen LogP contribution < -0.4 is 15.5 Å². The number of pyridine rings is 1. The average Bonchev–Trinajstić information content (AvgIpc) is 2.69. The zero-order valence-electron chi connectivity index (χ0n) is 15.1. The van der Waals surface area contributed by atoms with E-state index in [0.29, 0.717) is 44.0 Å². The highest BCUT2D eigenvalue weighted by Gasteiger charge is 2.22. The molecule has 0 unspecified atom stereocenters. The second-order valence-corrected chi connectivity index (χ2v) is 6.18. The Hall–Kier alpha value is -3.16. The Morgan fingerprint density at radius 3 is 2.37 bits per heavy atom. The van der Waals surface area contributed by atoms with Crippen molar-refractivity contribution < 1.29 is 14.0 Å². The number of nitrogens with zero attached hydrogens (tertiary/aromatic N) is 3. The fraction of sp³-hybridized carbons (Fsp3) is 0.316. The van der Waals surface area contributed by atoms with E-state index in [1.165, 1.54) is 24.3 Å². The number of carbonyl (C=O) groups is 2. The minimum absolute atomic E-state index is 0.0934. The van der Waals surface area contributed by atoms with Gasteiger partial charge in [-0.25, -0.2) is 14.2 Å². The molecule has 2 heterocycles. The minimum Gasteiger partial charge on any atom is -0.353 e. The van der Waals surface area contributed by atoms with Crippen LogP contribution >= 0.6 is 0 Å². The highest BCUT2D eigenvalue weighted by Crippen LogP contribution is 2.17. The maximum absolute atomic E-state index is 13.0. The minimum atomic E-state index is -0.354. The lowest BCUT2D eigenvalue weighted by Crippen LogP contribution is -2.49. The third-order valence-corrected chi connectivity index (χ3v) is 4.33. The van der Waals surface area contributed by atoms with E-state index in [-0.39, 0.29) is 17.8 Å². The average molecular weight is 371 g/mol. The van der Waals surface area contributed by atoms with E-state index in [2.05, 4.69) is 20.5 Å². The molecule has 0 radical (unpaired) electrons. The summed E-state index contributed by atoms with van der Waals surface area (Å²) in [5.74, 6) is 0.349. The van der Waals surface area contributed by atoms with Crippen molar-refractivity contribution >= 4 is 23.4 Å². The fourth-order valence-corrected chi connectivity index (χ4v) is 2.90. The number of hydrogen-bond donors (Lipinski definition) is 2. The summed E-state index contributed by atoms with van der Waals surface area (Å²) < 4.78 is 13.0. The molecule has 0 bridgehead atoms. The SMILES string of the molecule is CCNC(=O)Nc1ccc(N2CCN(C(=O)c3ccc(F)cc3)CC2)nc1. The van der Waals surface area contributed by atoms with Gasteiger partial charge in [0.2, 0.25) is 0 Å². The molecule has 2 N–H and O–H groups in total. The van der Waals surface area contributed by atoms with Gasteiger partial charge in [0.05, 0.1) is 11.9 Å². The summed E-state index contributed by atoms with van der Waals surface area (Å²) in [5, 5.41) is 5.36. The van der Waals surface area contributed by atoms with Crippen LogP contribution in [0.5, 0.6) is 0 Å². The third kappa shape index (κ3) is 4.72. The topological polar surface area (TPSA) is 77.6 Å². The number of benzene rings is 1. The summed E-state index contributed by atoms with van der Waals surface area (Å²) in [6.45, 7) is 4.85. The van der Waals surface area contributed by atoms with E-state index in [0.717, 1.165) is 5.82 Å². The molecule has 27 heavy (non-hydrogen) atoms. The molecule has 3 rings (SSSR count).